The van der Waals surface area contributed by atoms with E-state index in [-0.39, 0.29) is 5.60 Å². The van der Waals surface area contributed by atoms with E-state index in [1.807, 2.05) is 26.0 Å². The van der Waals surface area contributed by atoms with E-state index in [0.717, 1.165) is 17.3 Å². The predicted molar refractivity (Wildman–Crippen MR) is 65.7 cm³/mol. The summed E-state index contributed by atoms with van der Waals surface area (Å²) in [6, 6.07) is 4.16. The Labute approximate surface area is 96.7 Å². The molecule has 0 bridgehead atoms. The summed E-state index contributed by atoms with van der Waals surface area (Å²) in [6.45, 7) is 12.4. The minimum absolute atomic E-state index is 0.323. The van der Waals surface area contributed by atoms with Crippen molar-refractivity contribution in [2.75, 3.05) is 4.90 Å². The van der Waals surface area contributed by atoms with E-state index in [9.17, 15) is 0 Å². The summed E-state index contributed by atoms with van der Waals surface area (Å²) in [5, 5.41) is 0. The summed E-state index contributed by atoms with van der Waals surface area (Å²) in [4.78, 5) is 6.52. The van der Waals surface area contributed by atoms with Gasteiger partial charge < -0.3 is 9.64 Å². The molecular weight excluding hydrogens is 200 g/mol. The predicted octanol–water partition coefficient (Wildman–Crippen LogP) is 2.98. The molecule has 86 valence electrons. The minimum Gasteiger partial charge on any atom is -0.478 e. The molecule has 1 aliphatic heterocycles. The normalized spacial score (nSPS) is 18.3. The lowest BCUT2D eigenvalue weighted by molar-refractivity contribution is 0.134. The molecule has 0 spiro atoms. The Bertz CT molecular complexity index is 424. The van der Waals surface area contributed by atoms with Gasteiger partial charge in [-0.05, 0) is 39.8 Å². The van der Waals surface area contributed by atoms with E-state index in [4.69, 9.17) is 4.74 Å². The number of hydrogen-bond donors (Lipinski definition) is 0. The monoisotopic (exact) mass is 218 g/mol. The van der Waals surface area contributed by atoms with Crippen molar-refractivity contribution in [3.8, 4) is 5.75 Å². The van der Waals surface area contributed by atoms with E-state index < -0.39 is 0 Å². The number of nitrogens with zero attached hydrogens (tertiary/aromatic N) is 2. The van der Waals surface area contributed by atoms with Crippen molar-refractivity contribution in [3.63, 3.8) is 0 Å². The van der Waals surface area contributed by atoms with E-state index in [1.54, 1.807) is 6.20 Å². The fraction of sp³-hybridized carbons (Fsp3) is 0.462. The fourth-order valence-corrected chi connectivity index (χ4v) is 1.95. The Balaban J connectivity index is 2.56. The Kier molecular flexibility index (Phi) is 2.41. The maximum Gasteiger partial charge on any atom is 0.176 e. The van der Waals surface area contributed by atoms with Crippen LogP contribution in [-0.2, 0) is 0 Å². The Hall–Kier alpha value is -1.51. The molecule has 2 rings (SSSR count). The highest BCUT2D eigenvalue weighted by Crippen LogP contribution is 2.41. The first-order chi connectivity index (χ1) is 7.43. The molecule has 3 heteroatoms. The number of pyridine rings is 1. The van der Waals surface area contributed by atoms with Crippen LogP contribution in [0.5, 0.6) is 5.75 Å². The number of hydrogen-bond acceptors (Lipinski definition) is 3. The zero-order valence-corrected chi connectivity index (χ0v) is 10.3. The summed E-state index contributed by atoms with van der Waals surface area (Å²) in [7, 11) is 0. The van der Waals surface area contributed by atoms with Crippen molar-refractivity contribution >= 4 is 5.82 Å². The van der Waals surface area contributed by atoms with Gasteiger partial charge in [-0.2, -0.15) is 0 Å². The van der Waals surface area contributed by atoms with Gasteiger partial charge in [0.25, 0.3) is 0 Å². The lowest BCUT2D eigenvalue weighted by atomic mass is 10.0. The first kappa shape index (κ1) is 11.0. The molecular formula is C13H18N2O. The van der Waals surface area contributed by atoms with Gasteiger partial charge in [-0.15, -0.1) is 0 Å². The van der Waals surface area contributed by atoms with Crippen LogP contribution >= 0.6 is 0 Å². The molecule has 1 aromatic rings. The molecule has 0 aromatic carbocycles. The van der Waals surface area contributed by atoms with Crippen LogP contribution < -0.4 is 9.64 Å². The molecule has 16 heavy (non-hydrogen) atoms. The number of fused-ring (bicyclic) bond motifs is 1. The van der Waals surface area contributed by atoms with Crippen molar-refractivity contribution in [1.82, 2.24) is 4.98 Å². The smallest absolute Gasteiger partial charge is 0.176 e. The molecule has 0 N–H and O–H groups in total. The van der Waals surface area contributed by atoms with Crippen LogP contribution in [0, 0.1) is 0 Å². The van der Waals surface area contributed by atoms with E-state index in [2.05, 4.69) is 30.3 Å². The second-order valence-electron chi connectivity index (χ2n) is 4.85. The van der Waals surface area contributed by atoms with E-state index in [0.29, 0.717) is 6.04 Å². The Morgan fingerprint density at radius 3 is 2.75 bits per heavy atom. The topological polar surface area (TPSA) is 25.4 Å². The van der Waals surface area contributed by atoms with Crippen molar-refractivity contribution in [2.45, 2.75) is 39.3 Å². The largest absolute Gasteiger partial charge is 0.478 e. The first-order valence-corrected chi connectivity index (χ1v) is 5.56. The molecule has 0 amide bonds. The van der Waals surface area contributed by atoms with Crippen molar-refractivity contribution in [2.24, 2.45) is 0 Å². The molecule has 1 aliphatic rings. The molecule has 0 saturated carbocycles. The lowest BCUT2D eigenvalue weighted by Gasteiger charge is -2.43. The van der Waals surface area contributed by atoms with Gasteiger partial charge in [0.2, 0.25) is 0 Å². The highest BCUT2D eigenvalue weighted by molar-refractivity contribution is 5.61. The second-order valence-corrected chi connectivity index (χ2v) is 4.85. The van der Waals surface area contributed by atoms with Crippen molar-refractivity contribution in [1.29, 1.82) is 0 Å². The molecule has 0 saturated heterocycles. The third kappa shape index (κ3) is 1.56. The summed E-state index contributed by atoms with van der Waals surface area (Å²) in [5.41, 5.74) is 0.578. The van der Waals surface area contributed by atoms with E-state index in [1.165, 1.54) is 0 Å². The van der Waals surface area contributed by atoms with Gasteiger partial charge >= 0.3 is 0 Å². The van der Waals surface area contributed by atoms with Gasteiger partial charge in [0, 0.05) is 12.2 Å². The fourth-order valence-electron chi connectivity index (χ4n) is 1.95. The van der Waals surface area contributed by atoms with E-state index >= 15 is 0 Å². The zero-order valence-electron chi connectivity index (χ0n) is 10.3. The first-order valence-electron chi connectivity index (χ1n) is 5.56. The third-order valence-corrected chi connectivity index (χ3v) is 2.85. The lowest BCUT2D eigenvalue weighted by Crippen LogP contribution is -2.47. The zero-order chi connectivity index (χ0) is 11.9. The van der Waals surface area contributed by atoms with Crippen LogP contribution in [0.4, 0.5) is 5.82 Å². The van der Waals surface area contributed by atoms with Gasteiger partial charge in [0.1, 0.15) is 5.60 Å². The van der Waals surface area contributed by atoms with Crippen molar-refractivity contribution < 1.29 is 4.74 Å². The molecule has 2 heterocycles. The molecule has 3 nitrogen and oxygen atoms in total. The number of ether oxygens (including phenoxy) is 1. The highest BCUT2D eigenvalue weighted by atomic mass is 16.5. The maximum atomic E-state index is 5.91. The summed E-state index contributed by atoms with van der Waals surface area (Å²) in [5.74, 6) is 1.69. The average molecular weight is 218 g/mol. The summed E-state index contributed by atoms with van der Waals surface area (Å²) in [6.07, 6.45) is 1.78. The quantitative estimate of drug-likeness (QED) is 0.724. The molecule has 0 atom stereocenters. The van der Waals surface area contributed by atoms with Gasteiger partial charge in [-0.25, -0.2) is 4.98 Å². The molecule has 0 aliphatic carbocycles. The second kappa shape index (κ2) is 3.51. The van der Waals surface area contributed by atoms with Gasteiger partial charge in [-0.1, -0.05) is 6.58 Å². The number of rotatable bonds is 1. The summed E-state index contributed by atoms with van der Waals surface area (Å²) < 4.78 is 5.91. The van der Waals surface area contributed by atoms with Crippen LogP contribution in [0.25, 0.3) is 0 Å². The summed E-state index contributed by atoms with van der Waals surface area (Å²) >= 11 is 0. The van der Waals surface area contributed by atoms with Gasteiger partial charge in [-0.3, -0.25) is 0 Å². The van der Waals surface area contributed by atoms with Crippen LogP contribution in [-0.4, -0.2) is 16.6 Å². The standard InChI is InChI=1S/C13H18N2O/c1-9(2)15-10(3)13(4,5)16-11-7-6-8-14-12(11)15/h6-9H,3H2,1-2,4-5H3. The minimum atomic E-state index is -0.375. The Morgan fingerprint density at radius 2 is 2.12 bits per heavy atom. The molecule has 0 fully saturated rings. The number of anilines is 1. The highest BCUT2D eigenvalue weighted by Gasteiger charge is 2.37. The third-order valence-electron chi connectivity index (χ3n) is 2.85. The van der Waals surface area contributed by atoms with Crippen LogP contribution in [0.1, 0.15) is 27.7 Å². The number of aromatic nitrogens is 1. The van der Waals surface area contributed by atoms with Crippen LogP contribution in [0.2, 0.25) is 0 Å². The van der Waals surface area contributed by atoms with Crippen LogP contribution in [0.3, 0.4) is 0 Å². The molecule has 0 radical (unpaired) electrons. The SMILES string of the molecule is C=C1N(C(C)C)c2ncccc2OC1(C)C. The molecule has 1 aromatic heterocycles. The molecule has 0 unspecified atom stereocenters. The average Bonchev–Trinajstić information content (AvgIpc) is 2.18. The van der Waals surface area contributed by atoms with Gasteiger partial charge in [0.15, 0.2) is 11.6 Å². The Morgan fingerprint density at radius 1 is 1.44 bits per heavy atom. The van der Waals surface area contributed by atoms with Crippen molar-refractivity contribution in [3.05, 3.63) is 30.6 Å². The maximum absolute atomic E-state index is 5.91. The van der Waals surface area contributed by atoms with Crippen LogP contribution in [0.15, 0.2) is 30.6 Å². The van der Waals surface area contributed by atoms with Gasteiger partial charge in [0.05, 0.1) is 5.70 Å².